The van der Waals surface area contributed by atoms with Gasteiger partial charge in [0.05, 0.1) is 18.7 Å². The first-order valence-corrected chi connectivity index (χ1v) is 9.76. The van der Waals surface area contributed by atoms with E-state index in [4.69, 9.17) is 21.1 Å². The quantitative estimate of drug-likeness (QED) is 0.792. The molecule has 0 spiro atoms. The highest BCUT2D eigenvalue weighted by molar-refractivity contribution is 6.32. The van der Waals surface area contributed by atoms with Gasteiger partial charge >= 0.3 is 0 Å². The van der Waals surface area contributed by atoms with Crippen LogP contribution in [0, 0.1) is 0 Å². The van der Waals surface area contributed by atoms with E-state index < -0.39 is 5.60 Å². The Balaban J connectivity index is 2.04. The van der Waals surface area contributed by atoms with Crippen molar-refractivity contribution in [3.63, 3.8) is 0 Å². The minimum absolute atomic E-state index is 0.102. The first-order valence-electron chi connectivity index (χ1n) is 9.38. The van der Waals surface area contributed by atoms with Crippen molar-refractivity contribution in [2.24, 2.45) is 0 Å². The molecule has 0 aliphatic carbocycles. The van der Waals surface area contributed by atoms with Gasteiger partial charge in [0, 0.05) is 11.5 Å². The van der Waals surface area contributed by atoms with Crippen LogP contribution >= 0.6 is 11.6 Å². The van der Waals surface area contributed by atoms with Gasteiger partial charge in [-0.3, -0.25) is 0 Å². The molecule has 1 heterocycles. The lowest BCUT2D eigenvalue weighted by molar-refractivity contribution is -0.00497. The molecule has 2 atom stereocenters. The monoisotopic (exact) mass is 389 g/mol. The number of hydrogen-bond donors (Lipinski definition) is 1. The van der Waals surface area contributed by atoms with Gasteiger partial charge in [-0.25, -0.2) is 0 Å². The highest BCUT2D eigenvalue weighted by atomic mass is 35.5. The van der Waals surface area contributed by atoms with Crippen LogP contribution in [0.5, 0.6) is 11.5 Å². The lowest BCUT2D eigenvalue weighted by Gasteiger charge is -2.36. The summed E-state index contributed by atoms with van der Waals surface area (Å²) in [6, 6.07) is 13.6. The minimum atomic E-state index is -1.01. The fourth-order valence-electron chi connectivity index (χ4n) is 3.97. The third-order valence-corrected chi connectivity index (χ3v) is 5.65. The first kappa shape index (κ1) is 20.0. The standard InChI is InChI=1S/C22H28ClNO3/c1-24(2)13-6-12-22(25)17(16-9-10-19(23)21(15-16)26-3)11-14-27-20-8-5-4-7-18(20)22/h4-5,7-10,15,17,25H,6,11-14H2,1-3H3/t17-,22-/m1/s1. The summed E-state index contributed by atoms with van der Waals surface area (Å²) in [5.41, 5.74) is 0.867. The molecule has 0 amide bonds. The molecule has 2 aromatic rings. The van der Waals surface area contributed by atoms with E-state index in [1.807, 2.05) is 42.5 Å². The van der Waals surface area contributed by atoms with E-state index in [1.165, 1.54) is 0 Å². The number of halogens is 1. The van der Waals surface area contributed by atoms with Crippen LogP contribution in [-0.2, 0) is 5.60 Å². The van der Waals surface area contributed by atoms with Gasteiger partial charge in [0.25, 0.3) is 0 Å². The largest absolute Gasteiger partial charge is 0.495 e. The molecule has 0 saturated heterocycles. The number of rotatable bonds is 6. The normalized spacial score (nSPS) is 22.1. The second kappa shape index (κ2) is 8.51. The number of methoxy groups -OCH3 is 1. The predicted octanol–water partition coefficient (Wildman–Crippen LogP) is 4.44. The average Bonchev–Trinajstić information content (AvgIpc) is 2.79. The van der Waals surface area contributed by atoms with Crippen molar-refractivity contribution in [3.05, 3.63) is 58.6 Å². The molecular formula is C22H28ClNO3. The van der Waals surface area contributed by atoms with E-state index >= 15 is 0 Å². The number of benzene rings is 2. The van der Waals surface area contributed by atoms with Crippen LogP contribution in [-0.4, -0.2) is 44.4 Å². The molecule has 1 N–H and O–H groups in total. The van der Waals surface area contributed by atoms with Gasteiger partial charge in [-0.05, 0) is 63.7 Å². The zero-order chi connectivity index (χ0) is 19.4. The van der Waals surface area contributed by atoms with Crippen LogP contribution in [0.3, 0.4) is 0 Å². The molecular weight excluding hydrogens is 362 g/mol. The number of para-hydroxylation sites is 1. The van der Waals surface area contributed by atoms with Crippen LogP contribution in [0.2, 0.25) is 5.02 Å². The van der Waals surface area contributed by atoms with Crippen molar-refractivity contribution < 1.29 is 14.6 Å². The van der Waals surface area contributed by atoms with Crippen LogP contribution < -0.4 is 9.47 Å². The van der Waals surface area contributed by atoms with Crippen molar-refractivity contribution in [1.82, 2.24) is 4.90 Å². The summed E-state index contributed by atoms with van der Waals surface area (Å²) in [7, 11) is 5.71. The van der Waals surface area contributed by atoms with E-state index in [0.717, 1.165) is 36.3 Å². The molecule has 1 aliphatic rings. The molecule has 5 heteroatoms. The summed E-state index contributed by atoms with van der Waals surface area (Å²) in [4.78, 5) is 2.14. The third-order valence-electron chi connectivity index (χ3n) is 5.33. The predicted molar refractivity (Wildman–Crippen MR) is 109 cm³/mol. The molecule has 0 radical (unpaired) electrons. The second-order valence-corrected chi connectivity index (χ2v) is 7.82. The van der Waals surface area contributed by atoms with Gasteiger partial charge in [-0.15, -0.1) is 0 Å². The number of aliphatic hydroxyl groups is 1. The Kier molecular flexibility index (Phi) is 6.30. The summed E-state index contributed by atoms with van der Waals surface area (Å²) in [5, 5.41) is 12.6. The molecule has 2 aromatic carbocycles. The van der Waals surface area contributed by atoms with Crippen molar-refractivity contribution in [2.45, 2.75) is 30.8 Å². The number of fused-ring (bicyclic) bond motifs is 1. The van der Waals surface area contributed by atoms with Gasteiger partial charge < -0.3 is 19.5 Å². The van der Waals surface area contributed by atoms with E-state index in [0.29, 0.717) is 23.8 Å². The van der Waals surface area contributed by atoms with Crippen LogP contribution in [0.4, 0.5) is 0 Å². The summed E-state index contributed by atoms with van der Waals surface area (Å²) in [5.74, 6) is 1.30. The first-order chi connectivity index (χ1) is 13.0. The summed E-state index contributed by atoms with van der Waals surface area (Å²) < 4.78 is 11.4. The molecule has 0 saturated carbocycles. The van der Waals surface area contributed by atoms with E-state index in [2.05, 4.69) is 19.0 Å². The Bertz CT molecular complexity index is 780. The smallest absolute Gasteiger partial charge is 0.137 e. The van der Waals surface area contributed by atoms with Crippen molar-refractivity contribution in [2.75, 3.05) is 34.4 Å². The maximum absolute atomic E-state index is 12.0. The molecule has 3 rings (SSSR count). The topological polar surface area (TPSA) is 41.9 Å². The summed E-state index contributed by atoms with van der Waals surface area (Å²) in [6.45, 7) is 1.48. The summed E-state index contributed by atoms with van der Waals surface area (Å²) >= 11 is 6.22. The van der Waals surface area contributed by atoms with Gasteiger partial charge in [-0.1, -0.05) is 35.9 Å². The zero-order valence-electron chi connectivity index (χ0n) is 16.2. The van der Waals surface area contributed by atoms with Crippen LogP contribution in [0.1, 0.15) is 36.3 Å². The summed E-state index contributed by atoms with van der Waals surface area (Å²) in [6.07, 6.45) is 2.26. The maximum Gasteiger partial charge on any atom is 0.137 e. The van der Waals surface area contributed by atoms with Gasteiger partial charge in [0.1, 0.15) is 17.1 Å². The highest BCUT2D eigenvalue weighted by Gasteiger charge is 2.42. The Morgan fingerprint density at radius 1 is 1.26 bits per heavy atom. The molecule has 0 bridgehead atoms. The molecule has 27 heavy (non-hydrogen) atoms. The van der Waals surface area contributed by atoms with Crippen LogP contribution in [0.15, 0.2) is 42.5 Å². The fraction of sp³-hybridized carbons (Fsp3) is 0.455. The van der Waals surface area contributed by atoms with Gasteiger partial charge in [0.2, 0.25) is 0 Å². The lowest BCUT2D eigenvalue weighted by atomic mass is 9.73. The highest BCUT2D eigenvalue weighted by Crippen LogP contribution is 2.48. The molecule has 0 unspecified atom stereocenters. The van der Waals surface area contributed by atoms with E-state index in [-0.39, 0.29) is 5.92 Å². The number of ether oxygens (including phenoxy) is 2. The second-order valence-electron chi connectivity index (χ2n) is 7.41. The van der Waals surface area contributed by atoms with E-state index in [1.54, 1.807) is 7.11 Å². The lowest BCUT2D eigenvalue weighted by Crippen LogP contribution is -2.34. The van der Waals surface area contributed by atoms with E-state index in [9.17, 15) is 5.11 Å². The Morgan fingerprint density at radius 2 is 2.04 bits per heavy atom. The van der Waals surface area contributed by atoms with Crippen molar-refractivity contribution >= 4 is 11.6 Å². The molecule has 0 aromatic heterocycles. The SMILES string of the molecule is COc1cc([C@H]2CCOc3ccccc3[C@@]2(O)CCCN(C)C)ccc1Cl. The van der Waals surface area contributed by atoms with Gasteiger partial charge in [0.15, 0.2) is 0 Å². The molecule has 1 aliphatic heterocycles. The average molecular weight is 390 g/mol. The molecule has 146 valence electrons. The number of hydrogen-bond acceptors (Lipinski definition) is 4. The van der Waals surface area contributed by atoms with Gasteiger partial charge in [-0.2, -0.15) is 0 Å². The van der Waals surface area contributed by atoms with Crippen LogP contribution in [0.25, 0.3) is 0 Å². The molecule has 0 fully saturated rings. The minimum Gasteiger partial charge on any atom is -0.495 e. The Morgan fingerprint density at radius 3 is 2.78 bits per heavy atom. The van der Waals surface area contributed by atoms with Crippen molar-refractivity contribution in [3.8, 4) is 11.5 Å². The Labute approximate surface area is 166 Å². The fourth-order valence-corrected chi connectivity index (χ4v) is 4.17. The molecule has 4 nitrogen and oxygen atoms in total. The maximum atomic E-state index is 12.0. The Hall–Kier alpha value is -1.75. The number of nitrogens with zero attached hydrogens (tertiary/aromatic N) is 1. The van der Waals surface area contributed by atoms with Crippen molar-refractivity contribution in [1.29, 1.82) is 0 Å². The zero-order valence-corrected chi connectivity index (χ0v) is 17.0. The third kappa shape index (κ3) is 4.23.